The van der Waals surface area contributed by atoms with Crippen LogP contribution < -0.4 is 15.8 Å². The molecule has 0 amide bonds. The first-order valence-electron chi connectivity index (χ1n) is 7.54. The SMILES string of the molecule is COc1cc(CNCC2(C3CC3)CC2)ccc1/C(N)=N/O. The zero-order valence-corrected chi connectivity index (χ0v) is 12.4. The van der Waals surface area contributed by atoms with Crippen LogP contribution in [0.1, 0.15) is 36.8 Å². The number of benzene rings is 1. The smallest absolute Gasteiger partial charge is 0.173 e. The minimum Gasteiger partial charge on any atom is -0.496 e. The second-order valence-electron chi connectivity index (χ2n) is 6.26. The highest BCUT2D eigenvalue weighted by Gasteiger charge is 2.53. The van der Waals surface area contributed by atoms with Crippen LogP contribution in [0.4, 0.5) is 0 Å². The second kappa shape index (κ2) is 5.56. The molecule has 2 aliphatic carbocycles. The molecule has 1 aromatic rings. The van der Waals surface area contributed by atoms with Crippen LogP contribution >= 0.6 is 0 Å². The molecule has 0 heterocycles. The molecule has 0 spiro atoms. The van der Waals surface area contributed by atoms with Crippen molar-refractivity contribution in [1.82, 2.24) is 5.32 Å². The van der Waals surface area contributed by atoms with E-state index in [1.807, 2.05) is 18.2 Å². The Labute approximate surface area is 125 Å². The van der Waals surface area contributed by atoms with E-state index in [0.717, 1.165) is 24.6 Å². The fraction of sp³-hybridized carbons (Fsp3) is 0.562. The van der Waals surface area contributed by atoms with Gasteiger partial charge in [0.25, 0.3) is 0 Å². The van der Waals surface area contributed by atoms with Crippen LogP contribution in [0.3, 0.4) is 0 Å². The summed E-state index contributed by atoms with van der Waals surface area (Å²) in [5.74, 6) is 1.67. The number of hydrogen-bond donors (Lipinski definition) is 3. The molecule has 1 aromatic carbocycles. The van der Waals surface area contributed by atoms with Crippen LogP contribution in [0, 0.1) is 11.3 Å². The van der Waals surface area contributed by atoms with Crippen molar-refractivity contribution in [1.29, 1.82) is 0 Å². The molecule has 2 saturated carbocycles. The summed E-state index contributed by atoms with van der Waals surface area (Å²) >= 11 is 0. The van der Waals surface area contributed by atoms with E-state index in [9.17, 15) is 0 Å². The van der Waals surface area contributed by atoms with Crippen molar-refractivity contribution in [2.75, 3.05) is 13.7 Å². The van der Waals surface area contributed by atoms with Crippen LogP contribution in [-0.2, 0) is 6.54 Å². The minimum absolute atomic E-state index is 0.0667. The van der Waals surface area contributed by atoms with Gasteiger partial charge in [-0.05, 0) is 54.7 Å². The molecular weight excluding hydrogens is 266 g/mol. The molecule has 5 nitrogen and oxygen atoms in total. The number of oxime groups is 1. The number of nitrogens with zero attached hydrogens (tertiary/aromatic N) is 1. The lowest BCUT2D eigenvalue weighted by molar-refractivity contribution is 0.318. The highest BCUT2D eigenvalue weighted by atomic mass is 16.5. The van der Waals surface area contributed by atoms with Gasteiger partial charge in [-0.3, -0.25) is 0 Å². The van der Waals surface area contributed by atoms with Gasteiger partial charge >= 0.3 is 0 Å². The molecule has 0 aliphatic heterocycles. The monoisotopic (exact) mass is 289 g/mol. The van der Waals surface area contributed by atoms with E-state index in [4.69, 9.17) is 15.7 Å². The average molecular weight is 289 g/mol. The molecule has 3 rings (SSSR count). The Bertz CT molecular complexity index is 548. The molecule has 0 aromatic heterocycles. The zero-order valence-electron chi connectivity index (χ0n) is 12.4. The minimum atomic E-state index is 0.0667. The van der Waals surface area contributed by atoms with E-state index in [-0.39, 0.29) is 5.84 Å². The fourth-order valence-corrected chi connectivity index (χ4v) is 3.15. The summed E-state index contributed by atoms with van der Waals surface area (Å²) in [6, 6.07) is 5.76. The third-order valence-electron chi connectivity index (χ3n) is 4.79. The van der Waals surface area contributed by atoms with Crippen molar-refractivity contribution in [3.05, 3.63) is 29.3 Å². The Balaban J connectivity index is 1.60. The van der Waals surface area contributed by atoms with Crippen molar-refractivity contribution in [3.8, 4) is 5.75 Å². The predicted octanol–water partition coefficient (Wildman–Crippen LogP) is 2.07. The number of rotatable bonds is 7. The van der Waals surface area contributed by atoms with Crippen molar-refractivity contribution in [2.24, 2.45) is 22.2 Å². The number of nitrogens with one attached hydrogen (secondary N) is 1. The summed E-state index contributed by atoms with van der Waals surface area (Å²) in [7, 11) is 1.59. The van der Waals surface area contributed by atoms with Crippen LogP contribution in [0.25, 0.3) is 0 Å². The van der Waals surface area contributed by atoms with E-state index in [1.54, 1.807) is 7.11 Å². The first kappa shape index (κ1) is 14.2. The molecule has 0 unspecified atom stereocenters. The van der Waals surface area contributed by atoms with Gasteiger partial charge in [-0.25, -0.2) is 0 Å². The molecule has 0 saturated heterocycles. The van der Waals surface area contributed by atoms with Gasteiger partial charge < -0.3 is 21.0 Å². The lowest BCUT2D eigenvalue weighted by atomic mass is 10.0. The lowest BCUT2D eigenvalue weighted by Crippen LogP contribution is -2.25. The molecule has 4 N–H and O–H groups in total. The van der Waals surface area contributed by atoms with E-state index in [0.29, 0.717) is 16.7 Å². The van der Waals surface area contributed by atoms with Gasteiger partial charge in [-0.15, -0.1) is 0 Å². The molecular formula is C16H23N3O2. The second-order valence-corrected chi connectivity index (χ2v) is 6.26. The van der Waals surface area contributed by atoms with Crippen LogP contribution in [0.2, 0.25) is 0 Å². The van der Waals surface area contributed by atoms with Gasteiger partial charge in [0.05, 0.1) is 12.7 Å². The number of hydrogen-bond acceptors (Lipinski definition) is 4. The summed E-state index contributed by atoms with van der Waals surface area (Å²) in [6.07, 6.45) is 5.61. The molecule has 5 heteroatoms. The third-order valence-corrected chi connectivity index (χ3v) is 4.79. The number of methoxy groups -OCH3 is 1. The molecule has 0 bridgehead atoms. The van der Waals surface area contributed by atoms with Gasteiger partial charge in [0.2, 0.25) is 0 Å². The summed E-state index contributed by atoms with van der Waals surface area (Å²) < 4.78 is 5.32. The van der Waals surface area contributed by atoms with E-state index in [1.165, 1.54) is 25.7 Å². The van der Waals surface area contributed by atoms with Crippen LogP contribution in [-0.4, -0.2) is 24.7 Å². The van der Waals surface area contributed by atoms with Gasteiger partial charge in [0, 0.05) is 13.1 Å². The Morgan fingerprint density at radius 3 is 2.81 bits per heavy atom. The topological polar surface area (TPSA) is 79.9 Å². The lowest BCUT2D eigenvalue weighted by Gasteiger charge is -2.15. The summed E-state index contributed by atoms with van der Waals surface area (Å²) in [4.78, 5) is 0. The quantitative estimate of drug-likeness (QED) is 0.311. The van der Waals surface area contributed by atoms with Crippen LogP contribution in [0.5, 0.6) is 5.75 Å². The predicted molar refractivity (Wildman–Crippen MR) is 81.6 cm³/mol. The van der Waals surface area contributed by atoms with E-state index >= 15 is 0 Å². The maximum absolute atomic E-state index is 8.77. The van der Waals surface area contributed by atoms with E-state index < -0.39 is 0 Å². The zero-order chi connectivity index (χ0) is 14.9. The molecule has 0 radical (unpaired) electrons. The maximum Gasteiger partial charge on any atom is 0.173 e. The van der Waals surface area contributed by atoms with Gasteiger partial charge in [0.1, 0.15) is 5.75 Å². The van der Waals surface area contributed by atoms with Crippen molar-refractivity contribution >= 4 is 5.84 Å². The number of ether oxygens (including phenoxy) is 1. The van der Waals surface area contributed by atoms with Crippen LogP contribution in [0.15, 0.2) is 23.4 Å². The summed E-state index contributed by atoms with van der Waals surface area (Å²) in [5, 5.41) is 15.4. The summed E-state index contributed by atoms with van der Waals surface area (Å²) in [6.45, 7) is 1.93. The van der Waals surface area contributed by atoms with Gasteiger partial charge in [0.15, 0.2) is 5.84 Å². The highest BCUT2D eigenvalue weighted by molar-refractivity contribution is 5.99. The Morgan fingerprint density at radius 2 is 2.24 bits per heavy atom. The normalized spacial score (nSPS) is 20.3. The first-order valence-corrected chi connectivity index (χ1v) is 7.54. The molecule has 0 atom stereocenters. The van der Waals surface area contributed by atoms with Gasteiger partial charge in [-0.1, -0.05) is 11.2 Å². The maximum atomic E-state index is 8.77. The molecule has 21 heavy (non-hydrogen) atoms. The number of nitrogens with two attached hydrogens (primary N) is 1. The summed E-state index contributed by atoms with van der Waals surface area (Å²) in [5.41, 5.74) is 8.00. The molecule has 2 fully saturated rings. The van der Waals surface area contributed by atoms with Crippen molar-refractivity contribution in [3.63, 3.8) is 0 Å². The van der Waals surface area contributed by atoms with E-state index in [2.05, 4.69) is 10.5 Å². The molecule has 2 aliphatic rings. The Kier molecular flexibility index (Phi) is 3.76. The third kappa shape index (κ3) is 2.97. The number of amidine groups is 1. The molecule has 114 valence electrons. The first-order chi connectivity index (χ1) is 10.2. The standard InChI is InChI=1S/C16H23N3O2/c1-21-14-8-11(2-5-13(14)15(17)19-20)9-18-10-16(6-7-16)12-3-4-12/h2,5,8,12,18,20H,3-4,6-7,9-10H2,1H3,(H2,17,19). The largest absolute Gasteiger partial charge is 0.496 e. The Morgan fingerprint density at radius 1 is 1.48 bits per heavy atom. The average Bonchev–Trinajstić information content (AvgIpc) is 3.38. The fourth-order valence-electron chi connectivity index (χ4n) is 3.15. The van der Waals surface area contributed by atoms with Gasteiger partial charge in [-0.2, -0.15) is 0 Å². The highest BCUT2D eigenvalue weighted by Crippen LogP contribution is 2.60. The van der Waals surface area contributed by atoms with Crippen molar-refractivity contribution < 1.29 is 9.94 Å². The Hall–Kier alpha value is -1.75. The van der Waals surface area contributed by atoms with Crippen molar-refractivity contribution in [2.45, 2.75) is 32.2 Å².